The molecule has 2 aromatic carbocycles. The van der Waals surface area contributed by atoms with E-state index in [-0.39, 0.29) is 0 Å². The van der Waals surface area contributed by atoms with Crippen LogP contribution in [-0.2, 0) is 4.74 Å². The lowest BCUT2D eigenvalue weighted by Crippen LogP contribution is -2.60. The van der Waals surface area contributed by atoms with E-state index in [0.717, 1.165) is 21.9 Å². The van der Waals surface area contributed by atoms with Crippen LogP contribution in [0.3, 0.4) is 0 Å². The molecular weight excluding hydrogens is 392 g/mol. The molecule has 30 heavy (non-hydrogen) atoms. The molecule has 4 rings (SSSR count). The van der Waals surface area contributed by atoms with E-state index in [1.807, 2.05) is 32.0 Å². The fraction of sp³-hybridized carbons (Fsp3) is 0.409. The van der Waals surface area contributed by atoms with Gasteiger partial charge >= 0.3 is 5.63 Å². The van der Waals surface area contributed by atoms with Crippen LogP contribution in [0.15, 0.2) is 33.5 Å². The van der Waals surface area contributed by atoms with Crippen LogP contribution in [0.25, 0.3) is 21.7 Å². The fourth-order valence-electron chi connectivity index (χ4n) is 4.02. The van der Waals surface area contributed by atoms with Gasteiger partial charge in [-0.1, -0.05) is 18.2 Å². The van der Waals surface area contributed by atoms with Crippen molar-refractivity contribution in [3.05, 3.63) is 51.4 Å². The number of fused-ring (bicyclic) bond motifs is 3. The van der Waals surface area contributed by atoms with E-state index < -0.39 is 42.9 Å². The first-order valence-electron chi connectivity index (χ1n) is 9.68. The highest BCUT2D eigenvalue weighted by atomic mass is 16.7. The zero-order valence-electron chi connectivity index (χ0n) is 16.8. The largest absolute Gasteiger partial charge is 0.462 e. The van der Waals surface area contributed by atoms with Gasteiger partial charge in [-0.3, -0.25) is 0 Å². The Morgan fingerprint density at radius 1 is 1.00 bits per heavy atom. The summed E-state index contributed by atoms with van der Waals surface area (Å²) in [4.78, 5) is 12.6. The van der Waals surface area contributed by atoms with E-state index in [2.05, 4.69) is 0 Å². The molecular formula is C22H24O8. The fourth-order valence-corrected chi connectivity index (χ4v) is 4.02. The Morgan fingerprint density at radius 2 is 1.73 bits per heavy atom. The van der Waals surface area contributed by atoms with Gasteiger partial charge in [-0.25, -0.2) is 4.79 Å². The molecule has 8 nitrogen and oxygen atoms in total. The molecule has 3 aromatic rings. The molecule has 1 fully saturated rings. The van der Waals surface area contributed by atoms with Crippen LogP contribution < -0.4 is 10.4 Å². The van der Waals surface area contributed by atoms with E-state index in [0.29, 0.717) is 22.3 Å². The summed E-state index contributed by atoms with van der Waals surface area (Å²) >= 11 is 0. The van der Waals surface area contributed by atoms with Gasteiger partial charge in [-0.15, -0.1) is 0 Å². The number of rotatable bonds is 3. The van der Waals surface area contributed by atoms with Crippen molar-refractivity contribution in [3.8, 4) is 5.75 Å². The monoisotopic (exact) mass is 416 g/mol. The molecule has 0 aliphatic carbocycles. The number of aliphatic hydroxyl groups is 4. The minimum Gasteiger partial charge on any atom is -0.462 e. The van der Waals surface area contributed by atoms with Gasteiger partial charge in [0.15, 0.2) is 0 Å². The van der Waals surface area contributed by atoms with Gasteiger partial charge in [0, 0.05) is 16.3 Å². The molecule has 1 saturated heterocycles. The lowest BCUT2D eigenvalue weighted by atomic mass is 9.98. The highest BCUT2D eigenvalue weighted by molar-refractivity contribution is 6.08. The number of ether oxygens (including phenoxy) is 2. The first kappa shape index (κ1) is 20.8. The summed E-state index contributed by atoms with van der Waals surface area (Å²) in [5.74, 6) is 0.291. The van der Waals surface area contributed by atoms with Crippen LogP contribution in [0.2, 0.25) is 0 Å². The summed E-state index contributed by atoms with van der Waals surface area (Å²) in [7, 11) is 0. The lowest BCUT2D eigenvalue weighted by molar-refractivity contribution is -0.277. The van der Waals surface area contributed by atoms with Gasteiger partial charge < -0.3 is 34.3 Å². The highest BCUT2D eigenvalue weighted by Crippen LogP contribution is 2.36. The van der Waals surface area contributed by atoms with Crippen molar-refractivity contribution in [1.82, 2.24) is 0 Å². The lowest BCUT2D eigenvalue weighted by Gasteiger charge is -2.39. The molecule has 0 bridgehead atoms. The minimum atomic E-state index is -1.55. The van der Waals surface area contributed by atoms with Gasteiger partial charge in [0.25, 0.3) is 0 Å². The van der Waals surface area contributed by atoms with Gasteiger partial charge in [0.2, 0.25) is 6.29 Å². The van der Waals surface area contributed by atoms with Crippen molar-refractivity contribution in [2.24, 2.45) is 0 Å². The van der Waals surface area contributed by atoms with Gasteiger partial charge in [-0.05, 0) is 38.0 Å². The van der Waals surface area contributed by atoms with Crippen LogP contribution >= 0.6 is 0 Å². The Morgan fingerprint density at radius 3 is 2.43 bits per heavy atom. The summed E-state index contributed by atoms with van der Waals surface area (Å²) in [5, 5.41) is 41.6. The quantitative estimate of drug-likeness (QED) is 0.368. The van der Waals surface area contributed by atoms with Crippen LogP contribution in [-0.4, -0.2) is 57.7 Å². The molecule has 2 heterocycles. The Labute approximate surface area is 171 Å². The second-order valence-electron chi connectivity index (χ2n) is 7.72. The van der Waals surface area contributed by atoms with Crippen LogP contribution in [0.1, 0.15) is 16.7 Å². The number of hydrogen-bond donors (Lipinski definition) is 4. The Hall–Kier alpha value is -2.49. The molecule has 160 valence electrons. The second-order valence-corrected chi connectivity index (χ2v) is 7.72. The maximum absolute atomic E-state index is 12.6. The van der Waals surface area contributed by atoms with Crippen molar-refractivity contribution in [2.75, 3.05) is 6.61 Å². The maximum Gasteiger partial charge on any atom is 0.344 e. The van der Waals surface area contributed by atoms with Crippen molar-refractivity contribution in [3.63, 3.8) is 0 Å². The molecule has 0 radical (unpaired) electrons. The third-order valence-corrected chi connectivity index (χ3v) is 5.71. The van der Waals surface area contributed by atoms with Crippen molar-refractivity contribution in [2.45, 2.75) is 51.5 Å². The predicted molar refractivity (Wildman–Crippen MR) is 109 cm³/mol. The minimum absolute atomic E-state index is 0.291. The molecule has 4 N–H and O–H groups in total. The number of hydrogen-bond acceptors (Lipinski definition) is 8. The standard InChI is InChI=1S/C22H24O8/c1-9-5-4-6-12-15-10(2)7-13(11(3)20(15)30-21(27)16(9)12)28-22-19(26)18(25)17(24)14(8-23)29-22/h4-7,14,17-19,22-26H,8H2,1-3H3/t14-,17-,18+,19-,22-/m1/s1. The second kappa shape index (κ2) is 7.64. The number of aryl methyl sites for hydroxylation is 3. The normalized spacial score (nSPS) is 27.0. The van der Waals surface area contributed by atoms with Gasteiger partial charge in [0.05, 0.1) is 12.0 Å². The van der Waals surface area contributed by atoms with E-state index in [1.54, 1.807) is 13.0 Å². The highest BCUT2D eigenvalue weighted by Gasteiger charge is 2.44. The number of benzene rings is 2. The Bertz CT molecular complexity index is 1170. The molecule has 0 spiro atoms. The topological polar surface area (TPSA) is 130 Å². The Balaban J connectivity index is 1.83. The molecule has 1 aliphatic rings. The summed E-state index contributed by atoms with van der Waals surface area (Å²) in [6, 6.07) is 7.33. The average Bonchev–Trinajstić information content (AvgIpc) is 2.71. The average molecular weight is 416 g/mol. The smallest absolute Gasteiger partial charge is 0.344 e. The van der Waals surface area contributed by atoms with Crippen molar-refractivity contribution < 1.29 is 34.3 Å². The predicted octanol–water partition coefficient (Wildman–Crippen LogP) is 1.05. The summed E-state index contributed by atoms with van der Waals surface area (Å²) < 4.78 is 16.9. The van der Waals surface area contributed by atoms with E-state index in [4.69, 9.17) is 13.9 Å². The van der Waals surface area contributed by atoms with Crippen molar-refractivity contribution in [1.29, 1.82) is 0 Å². The SMILES string of the molecule is Cc1c(O[C@@H]2O[C@H](CO)[C@@H](O)[C@H](O)[C@H]2O)cc(C)c2c1oc(=O)c1c(C)cccc12. The first-order chi connectivity index (χ1) is 14.2. The molecule has 0 unspecified atom stereocenters. The van der Waals surface area contributed by atoms with E-state index >= 15 is 0 Å². The molecule has 1 aliphatic heterocycles. The zero-order valence-corrected chi connectivity index (χ0v) is 16.8. The van der Waals surface area contributed by atoms with E-state index in [1.165, 1.54) is 0 Å². The van der Waals surface area contributed by atoms with Crippen LogP contribution in [0.5, 0.6) is 5.75 Å². The maximum atomic E-state index is 12.6. The summed E-state index contributed by atoms with van der Waals surface area (Å²) in [5.41, 5.74) is 2.03. The van der Waals surface area contributed by atoms with Crippen molar-refractivity contribution >= 4 is 21.7 Å². The zero-order chi connectivity index (χ0) is 21.7. The molecule has 0 amide bonds. The Kier molecular flexibility index (Phi) is 5.29. The summed E-state index contributed by atoms with van der Waals surface area (Å²) in [6.07, 6.45) is -6.97. The molecule has 0 saturated carbocycles. The first-order valence-corrected chi connectivity index (χ1v) is 9.68. The van der Waals surface area contributed by atoms with E-state index in [9.17, 15) is 25.2 Å². The van der Waals surface area contributed by atoms with Crippen LogP contribution in [0, 0.1) is 20.8 Å². The summed E-state index contributed by atoms with van der Waals surface area (Å²) in [6.45, 7) is 4.86. The molecule has 5 atom stereocenters. The number of aliphatic hydroxyl groups excluding tert-OH is 4. The third-order valence-electron chi connectivity index (χ3n) is 5.71. The van der Waals surface area contributed by atoms with Gasteiger partial charge in [0.1, 0.15) is 35.7 Å². The molecule has 1 aromatic heterocycles. The third kappa shape index (κ3) is 3.17. The van der Waals surface area contributed by atoms with Crippen LogP contribution in [0.4, 0.5) is 0 Å². The van der Waals surface area contributed by atoms with Gasteiger partial charge in [-0.2, -0.15) is 0 Å². The molecule has 8 heteroatoms.